The first kappa shape index (κ1) is 13.0. The smallest absolute Gasteiger partial charge is 0.174 e. The third kappa shape index (κ3) is 2.13. The summed E-state index contributed by atoms with van der Waals surface area (Å²) in [5.41, 5.74) is 2.64. The van der Waals surface area contributed by atoms with Crippen molar-refractivity contribution in [3.8, 4) is 0 Å². The van der Waals surface area contributed by atoms with Crippen LogP contribution in [-0.2, 0) is 6.42 Å². The Bertz CT molecular complexity index is 666. The Morgan fingerprint density at radius 1 is 1.30 bits per heavy atom. The quantitative estimate of drug-likeness (QED) is 0.775. The van der Waals surface area contributed by atoms with E-state index in [1.807, 2.05) is 12.1 Å². The molecule has 1 heterocycles. The number of nitrogens with zero attached hydrogens (tertiary/aromatic N) is 1. The van der Waals surface area contributed by atoms with Gasteiger partial charge in [0, 0.05) is 6.20 Å². The van der Waals surface area contributed by atoms with Crippen LogP contribution in [0.15, 0.2) is 36.5 Å². The lowest BCUT2D eigenvalue weighted by atomic mass is 9.81. The van der Waals surface area contributed by atoms with Crippen LogP contribution in [0.4, 0.5) is 4.39 Å². The molecular formula is C17H16FNO. The van der Waals surface area contributed by atoms with Crippen molar-refractivity contribution in [2.75, 3.05) is 0 Å². The molecular weight excluding hydrogens is 253 g/mol. The highest BCUT2D eigenvalue weighted by molar-refractivity contribution is 6.01. The maximum Gasteiger partial charge on any atom is 0.174 e. The van der Waals surface area contributed by atoms with E-state index in [2.05, 4.69) is 4.98 Å². The summed E-state index contributed by atoms with van der Waals surface area (Å²) in [6, 6.07) is 8.88. The van der Waals surface area contributed by atoms with Gasteiger partial charge in [0.2, 0.25) is 0 Å². The maximum atomic E-state index is 14.1. The SMILES string of the molecule is Cc1cccc(C(=O)C2CCCc3cccnc32)c1F. The Hall–Kier alpha value is -2.03. The van der Waals surface area contributed by atoms with Gasteiger partial charge < -0.3 is 0 Å². The zero-order valence-electron chi connectivity index (χ0n) is 11.4. The molecule has 0 spiro atoms. The van der Waals surface area contributed by atoms with Crippen LogP contribution in [0.1, 0.15) is 45.9 Å². The highest BCUT2D eigenvalue weighted by Gasteiger charge is 2.30. The van der Waals surface area contributed by atoms with Gasteiger partial charge in [-0.25, -0.2) is 4.39 Å². The fourth-order valence-corrected chi connectivity index (χ4v) is 2.89. The van der Waals surface area contributed by atoms with E-state index in [1.165, 1.54) is 0 Å². The Morgan fingerprint density at radius 2 is 2.15 bits per heavy atom. The van der Waals surface area contributed by atoms with Crippen molar-refractivity contribution in [3.63, 3.8) is 0 Å². The number of Topliss-reactive ketones (excluding diaryl/α,β-unsaturated/α-hetero) is 1. The molecule has 2 aromatic rings. The molecule has 20 heavy (non-hydrogen) atoms. The van der Waals surface area contributed by atoms with E-state index in [4.69, 9.17) is 0 Å². The van der Waals surface area contributed by atoms with E-state index in [0.29, 0.717) is 5.56 Å². The minimum atomic E-state index is -0.402. The van der Waals surface area contributed by atoms with Crippen molar-refractivity contribution >= 4 is 5.78 Å². The molecule has 1 aromatic heterocycles. The second kappa shape index (κ2) is 5.16. The van der Waals surface area contributed by atoms with Gasteiger partial charge in [-0.05, 0) is 49.4 Å². The van der Waals surface area contributed by atoms with E-state index in [-0.39, 0.29) is 17.3 Å². The first-order valence-electron chi connectivity index (χ1n) is 6.91. The van der Waals surface area contributed by atoms with Gasteiger partial charge in [-0.1, -0.05) is 18.2 Å². The number of pyridine rings is 1. The molecule has 0 saturated heterocycles. The van der Waals surface area contributed by atoms with E-state index in [1.54, 1.807) is 31.3 Å². The van der Waals surface area contributed by atoms with E-state index in [0.717, 1.165) is 30.5 Å². The molecule has 0 radical (unpaired) electrons. The van der Waals surface area contributed by atoms with Crippen molar-refractivity contribution in [1.29, 1.82) is 0 Å². The number of halogens is 1. The third-order valence-corrected chi connectivity index (χ3v) is 3.97. The summed E-state index contributed by atoms with van der Waals surface area (Å²) in [6.45, 7) is 1.68. The minimum Gasteiger partial charge on any atom is -0.293 e. The predicted octanol–water partition coefficient (Wildman–Crippen LogP) is 3.83. The fourth-order valence-electron chi connectivity index (χ4n) is 2.89. The Labute approximate surface area is 117 Å². The minimum absolute atomic E-state index is 0.147. The van der Waals surface area contributed by atoms with Gasteiger partial charge in [0.05, 0.1) is 17.2 Å². The van der Waals surface area contributed by atoms with Crippen LogP contribution < -0.4 is 0 Å². The number of benzene rings is 1. The van der Waals surface area contributed by atoms with Crippen LogP contribution in [0.2, 0.25) is 0 Å². The summed E-state index contributed by atoms with van der Waals surface area (Å²) in [5, 5.41) is 0. The highest BCUT2D eigenvalue weighted by atomic mass is 19.1. The third-order valence-electron chi connectivity index (χ3n) is 3.97. The summed E-state index contributed by atoms with van der Waals surface area (Å²) >= 11 is 0. The molecule has 0 aliphatic heterocycles. The molecule has 1 atom stereocenters. The molecule has 0 N–H and O–H groups in total. The number of hydrogen-bond donors (Lipinski definition) is 0. The zero-order chi connectivity index (χ0) is 14.1. The molecule has 0 fully saturated rings. The molecule has 2 nitrogen and oxygen atoms in total. The Kier molecular flexibility index (Phi) is 3.35. The second-order valence-corrected chi connectivity index (χ2v) is 5.29. The van der Waals surface area contributed by atoms with E-state index >= 15 is 0 Å². The van der Waals surface area contributed by atoms with E-state index in [9.17, 15) is 9.18 Å². The normalized spacial score (nSPS) is 17.6. The van der Waals surface area contributed by atoms with Gasteiger partial charge in [-0.3, -0.25) is 9.78 Å². The molecule has 0 saturated carbocycles. The number of carbonyl (C=O) groups excluding carboxylic acids is 1. The van der Waals surface area contributed by atoms with Crippen molar-refractivity contribution in [2.24, 2.45) is 0 Å². The van der Waals surface area contributed by atoms with Gasteiger partial charge in [0.25, 0.3) is 0 Å². The summed E-state index contributed by atoms with van der Waals surface area (Å²) in [4.78, 5) is 17.0. The lowest BCUT2D eigenvalue weighted by Gasteiger charge is -2.23. The largest absolute Gasteiger partial charge is 0.293 e. The van der Waals surface area contributed by atoms with E-state index < -0.39 is 5.82 Å². The molecule has 1 aliphatic carbocycles. The number of ketones is 1. The lowest BCUT2D eigenvalue weighted by molar-refractivity contribution is 0.0944. The standard InChI is InChI=1S/C17H16FNO/c1-11-5-2-8-13(15(11)18)17(20)14-9-3-6-12-7-4-10-19-16(12)14/h2,4-5,7-8,10,14H,3,6,9H2,1H3. The van der Waals surface area contributed by atoms with Crippen molar-refractivity contribution in [3.05, 3.63) is 64.7 Å². The molecule has 0 bridgehead atoms. The number of rotatable bonds is 2. The van der Waals surface area contributed by atoms with Crippen LogP contribution >= 0.6 is 0 Å². The molecule has 3 rings (SSSR count). The van der Waals surface area contributed by atoms with Gasteiger partial charge in [0.1, 0.15) is 5.82 Å². The van der Waals surface area contributed by atoms with Gasteiger partial charge in [-0.15, -0.1) is 0 Å². The lowest BCUT2D eigenvalue weighted by Crippen LogP contribution is -2.21. The first-order valence-corrected chi connectivity index (χ1v) is 6.91. The molecule has 1 unspecified atom stereocenters. The summed E-state index contributed by atoms with van der Waals surface area (Å²) in [7, 11) is 0. The van der Waals surface area contributed by atoms with Crippen LogP contribution in [0.25, 0.3) is 0 Å². The Balaban J connectivity index is 2.02. The van der Waals surface area contributed by atoms with Gasteiger partial charge >= 0.3 is 0 Å². The number of carbonyl (C=O) groups is 1. The van der Waals surface area contributed by atoms with Crippen molar-refractivity contribution in [2.45, 2.75) is 32.1 Å². The number of aryl methyl sites for hydroxylation is 2. The van der Waals surface area contributed by atoms with Crippen LogP contribution in [0, 0.1) is 12.7 Å². The van der Waals surface area contributed by atoms with Crippen LogP contribution in [-0.4, -0.2) is 10.8 Å². The maximum absolute atomic E-state index is 14.1. The predicted molar refractivity (Wildman–Crippen MR) is 75.4 cm³/mol. The highest BCUT2D eigenvalue weighted by Crippen LogP contribution is 2.33. The first-order chi connectivity index (χ1) is 9.68. The number of aromatic nitrogens is 1. The molecule has 3 heteroatoms. The fraction of sp³-hybridized carbons (Fsp3) is 0.294. The monoisotopic (exact) mass is 269 g/mol. The van der Waals surface area contributed by atoms with Gasteiger partial charge in [-0.2, -0.15) is 0 Å². The van der Waals surface area contributed by atoms with Crippen molar-refractivity contribution in [1.82, 2.24) is 4.98 Å². The van der Waals surface area contributed by atoms with Gasteiger partial charge in [0.15, 0.2) is 5.78 Å². The summed E-state index contributed by atoms with van der Waals surface area (Å²) in [6.07, 6.45) is 4.35. The molecule has 102 valence electrons. The summed E-state index contributed by atoms with van der Waals surface area (Å²) in [5.74, 6) is -0.859. The average Bonchev–Trinajstić information content (AvgIpc) is 2.49. The summed E-state index contributed by atoms with van der Waals surface area (Å²) < 4.78 is 14.1. The zero-order valence-corrected chi connectivity index (χ0v) is 11.4. The Morgan fingerprint density at radius 3 is 3.00 bits per heavy atom. The molecule has 1 aliphatic rings. The topological polar surface area (TPSA) is 30.0 Å². The van der Waals surface area contributed by atoms with Crippen LogP contribution in [0.3, 0.4) is 0 Å². The average molecular weight is 269 g/mol. The number of fused-ring (bicyclic) bond motifs is 1. The van der Waals surface area contributed by atoms with Crippen LogP contribution in [0.5, 0.6) is 0 Å². The second-order valence-electron chi connectivity index (χ2n) is 5.29. The number of hydrogen-bond acceptors (Lipinski definition) is 2. The van der Waals surface area contributed by atoms with Crippen molar-refractivity contribution < 1.29 is 9.18 Å². The molecule has 0 amide bonds. The molecule has 1 aromatic carbocycles.